The maximum Gasteiger partial charge on any atom is 0.343 e. The van der Waals surface area contributed by atoms with Crippen LogP contribution in [-0.2, 0) is 4.84 Å². The maximum atomic E-state index is 12.5. The number of carbonyl (C=O) groups excluding carboxylic acids is 1. The number of esters is 1. The number of ether oxygens (including phenoxy) is 5. The number of carbonyl (C=O) groups is 1. The van der Waals surface area contributed by atoms with E-state index in [1.807, 2.05) is 12.1 Å². The third kappa shape index (κ3) is 4.97. The molecule has 4 rings (SSSR count). The maximum absolute atomic E-state index is 12.5. The van der Waals surface area contributed by atoms with Gasteiger partial charge in [-0.25, -0.2) is 4.79 Å². The molecule has 9 heteroatoms. The van der Waals surface area contributed by atoms with E-state index >= 15 is 0 Å². The summed E-state index contributed by atoms with van der Waals surface area (Å²) in [7, 11) is 6.18. The highest BCUT2D eigenvalue weighted by Gasteiger charge is 2.29. The fourth-order valence-corrected chi connectivity index (χ4v) is 3.88. The zero-order valence-electron chi connectivity index (χ0n) is 19.7. The third-order valence-electron chi connectivity index (χ3n) is 5.53. The SMILES string of the molecule is COc1cc(C2CC(c3ccc(OC)c(OC)c3OC)=NO2)ccc1OC(=O)c1ccc(Cl)cc1. The van der Waals surface area contributed by atoms with Crippen LogP contribution in [0.2, 0.25) is 5.02 Å². The van der Waals surface area contributed by atoms with Crippen LogP contribution in [-0.4, -0.2) is 40.1 Å². The average Bonchev–Trinajstić information content (AvgIpc) is 3.38. The van der Waals surface area contributed by atoms with Gasteiger partial charge in [0.15, 0.2) is 29.1 Å². The van der Waals surface area contributed by atoms with Crippen LogP contribution in [0.25, 0.3) is 0 Å². The van der Waals surface area contributed by atoms with Gasteiger partial charge in [-0.05, 0) is 54.1 Å². The van der Waals surface area contributed by atoms with Crippen LogP contribution in [0, 0.1) is 0 Å². The van der Waals surface area contributed by atoms with E-state index in [-0.39, 0.29) is 11.9 Å². The number of halogens is 1. The van der Waals surface area contributed by atoms with E-state index in [1.165, 1.54) is 7.11 Å². The average molecular weight is 498 g/mol. The van der Waals surface area contributed by atoms with E-state index in [0.717, 1.165) is 11.1 Å². The van der Waals surface area contributed by atoms with Gasteiger partial charge < -0.3 is 28.5 Å². The summed E-state index contributed by atoms with van der Waals surface area (Å²) in [5.74, 6) is 1.71. The van der Waals surface area contributed by atoms with Crippen LogP contribution >= 0.6 is 11.6 Å². The number of nitrogens with zero attached hydrogens (tertiary/aromatic N) is 1. The van der Waals surface area contributed by atoms with Crippen LogP contribution in [0.15, 0.2) is 59.8 Å². The van der Waals surface area contributed by atoms with Crippen LogP contribution in [0.3, 0.4) is 0 Å². The van der Waals surface area contributed by atoms with Crippen molar-refractivity contribution in [3.05, 3.63) is 76.3 Å². The Balaban J connectivity index is 1.53. The first-order chi connectivity index (χ1) is 17.0. The molecule has 182 valence electrons. The molecule has 1 unspecified atom stereocenters. The van der Waals surface area contributed by atoms with Crippen LogP contribution in [0.1, 0.15) is 34.0 Å². The minimum atomic E-state index is -0.518. The molecular weight excluding hydrogens is 474 g/mol. The van der Waals surface area contributed by atoms with Gasteiger partial charge in [-0.2, -0.15) is 0 Å². The number of oxime groups is 1. The van der Waals surface area contributed by atoms with Gasteiger partial charge >= 0.3 is 5.97 Å². The van der Waals surface area contributed by atoms with E-state index in [1.54, 1.807) is 63.8 Å². The fraction of sp³-hybridized carbons (Fsp3) is 0.231. The summed E-state index contributed by atoms with van der Waals surface area (Å²) < 4.78 is 27.4. The molecule has 0 saturated carbocycles. The van der Waals surface area contributed by atoms with Gasteiger partial charge in [0, 0.05) is 17.0 Å². The normalized spacial score (nSPS) is 14.5. The van der Waals surface area contributed by atoms with E-state index in [0.29, 0.717) is 45.7 Å². The van der Waals surface area contributed by atoms with Gasteiger partial charge in [-0.15, -0.1) is 0 Å². The number of hydrogen-bond acceptors (Lipinski definition) is 8. The third-order valence-corrected chi connectivity index (χ3v) is 5.78. The summed E-state index contributed by atoms with van der Waals surface area (Å²) in [5, 5.41) is 4.81. The lowest BCUT2D eigenvalue weighted by Gasteiger charge is -2.15. The van der Waals surface area contributed by atoms with Gasteiger partial charge in [0.2, 0.25) is 5.75 Å². The molecule has 0 fully saturated rings. The van der Waals surface area contributed by atoms with Crippen molar-refractivity contribution in [3.63, 3.8) is 0 Å². The highest BCUT2D eigenvalue weighted by molar-refractivity contribution is 6.30. The molecule has 0 N–H and O–H groups in total. The smallest absolute Gasteiger partial charge is 0.343 e. The molecule has 1 aliphatic rings. The second-order valence-electron chi connectivity index (χ2n) is 7.52. The Morgan fingerprint density at radius 1 is 0.857 bits per heavy atom. The number of rotatable bonds is 8. The highest BCUT2D eigenvalue weighted by Crippen LogP contribution is 2.43. The van der Waals surface area contributed by atoms with Crippen molar-refractivity contribution in [1.82, 2.24) is 0 Å². The van der Waals surface area contributed by atoms with Crippen molar-refractivity contribution >= 4 is 23.3 Å². The summed E-state index contributed by atoms with van der Waals surface area (Å²) in [5.41, 5.74) is 2.63. The zero-order valence-corrected chi connectivity index (χ0v) is 20.4. The molecule has 1 atom stereocenters. The summed E-state index contributed by atoms with van der Waals surface area (Å²) in [6, 6.07) is 15.3. The Kier molecular flexibility index (Phi) is 7.31. The first-order valence-electron chi connectivity index (χ1n) is 10.7. The fourth-order valence-electron chi connectivity index (χ4n) is 3.76. The van der Waals surface area contributed by atoms with Crippen molar-refractivity contribution in [2.75, 3.05) is 28.4 Å². The molecule has 0 amide bonds. The lowest BCUT2D eigenvalue weighted by molar-refractivity contribution is 0.0728. The lowest BCUT2D eigenvalue weighted by Crippen LogP contribution is -2.09. The molecule has 1 aliphatic heterocycles. The van der Waals surface area contributed by atoms with Crippen molar-refractivity contribution in [2.45, 2.75) is 12.5 Å². The molecule has 0 radical (unpaired) electrons. The summed E-state index contributed by atoms with van der Waals surface area (Å²) in [6.45, 7) is 0. The van der Waals surface area contributed by atoms with Crippen molar-refractivity contribution in [3.8, 4) is 28.7 Å². The number of benzene rings is 3. The molecule has 1 heterocycles. The molecule has 0 aromatic heterocycles. The van der Waals surface area contributed by atoms with E-state index in [4.69, 9.17) is 40.1 Å². The van der Waals surface area contributed by atoms with Gasteiger partial charge in [0.1, 0.15) is 0 Å². The predicted octanol–water partition coefficient (Wildman–Crippen LogP) is 5.46. The second-order valence-corrected chi connectivity index (χ2v) is 7.96. The van der Waals surface area contributed by atoms with Crippen molar-refractivity contribution in [1.29, 1.82) is 0 Å². The molecule has 3 aromatic rings. The van der Waals surface area contributed by atoms with E-state index in [2.05, 4.69) is 5.16 Å². The second kappa shape index (κ2) is 10.6. The molecular formula is C26H24ClNO7. The first-order valence-corrected chi connectivity index (χ1v) is 11.0. The van der Waals surface area contributed by atoms with Crippen molar-refractivity contribution < 1.29 is 33.3 Å². The van der Waals surface area contributed by atoms with E-state index in [9.17, 15) is 4.79 Å². The summed E-state index contributed by atoms with van der Waals surface area (Å²) in [4.78, 5) is 18.2. The minimum Gasteiger partial charge on any atom is -0.493 e. The van der Waals surface area contributed by atoms with Gasteiger partial charge in [0.05, 0.1) is 39.7 Å². The highest BCUT2D eigenvalue weighted by atomic mass is 35.5. The molecule has 0 saturated heterocycles. The first kappa shape index (κ1) is 24.2. The lowest BCUT2D eigenvalue weighted by atomic mass is 9.99. The minimum absolute atomic E-state index is 0.289. The molecule has 0 aliphatic carbocycles. The summed E-state index contributed by atoms with van der Waals surface area (Å²) in [6.07, 6.45) is 0.122. The summed E-state index contributed by atoms with van der Waals surface area (Å²) >= 11 is 5.89. The quantitative estimate of drug-likeness (QED) is 0.302. The monoisotopic (exact) mass is 497 g/mol. The van der Waals surface area contributed by atoms with Crippen molar-refractivity contribution in [2.24, 2.45) is 5.16 Å². The largest absolute Gasteiger partial charge is 0.493 e. The van der Waals surface area contributed by atoms with Gasteiger partial charge in [-0.3, -0.25) is 0 Å². The van der Waals surface area contributed by atoms with E-state index < -0.39 is 5.97 Å². The topological polar surface area (TPSA) is 84.8 Å². The number of methoxy groups -OCH3 is 4. The van der Waals surface area contributed by atoms with Crippen LogP contribution in [0.4, 0.5) is 0 Å². The Labute approximate surface area is 207 Å². The van der Waals surface area contributed by atoms with Gasteiger partial charge in [0.25, 0.3) is 0 Å². The molecule has 35 heavy (non-hydrogen) atoms. The standard InChI is InChI=1S/C26H24ClNO7/c1-30-21-12-10-18(24(32-3)25(21)33-4)19-14-22(35-28-19)16-7-11-20(23(13-16)31-2)34-26(29)15-5-8-17(27)9-6-15/h5-13,22H,14H2,1-4H3. The van der Waals surface area contributed by atoms with Crippen LogP contribution in [0.5, 0.6) is 28.7 Å². The Bertz CT molecular complexity index is 1260. The number of hydrogen-bond donors (Lipinski definition) is 0. The predicted molar refractivity (Wildman–Crippen MR) is 130 cm³/mol. The Morgan fingerprint density at radius 2 is 1.54 bits per heavy atom. The molecule has 8 nitrogen and oxygen atoms in total. The molecule has 0 spiro atoms. The Hall–Kier alpha value is -3.91. The molecule has 3 aromatic carbocycles. The van der Waals surface area contributed by atoms with Crippen LogP contribution < -0.4 is 23.7 Å². The zero-order chi connectivity index (χ0) is 24.9. The Morgan fingerprint density at radius 3 is 2.20 bits per heavy atom. The van der Waals surface area contributed by atoms with Gasteiger partial charge in [-0.1, -0.05) is 22.8 Å². The molecule has 0 bridgehead atoms.